The van der Waals surface area contributed by atoms with Crippen LogP contribution in [0.15, 0.2) is 24.4 Å². The first-order valence-corrected chi connectivity index (χ1v) is 8.07. The molecule has 0 aliphatic carbocycles. The number of benzene rings is 1. The summed E-state index contributed by atoms with van der Waals surface area (Å²) >= 11 is 0. The van der Waals surface area contributed by atoms with E-state index in [1.807, 2.05) is 11.8 Å². The molecule has 0 saturated carbocycles. The minimum absolute atomic E-state index is 0.118. The zero-order valence-corrected chi connectivity index (χ0v) is 14.3. The molecule has 0 bridgehead atoms. The van der Waals surface area contributed by atoms with Crippen molar-refractivity contribution in [1.29, 1.82) is 0 Å². The van der Waals surface area contributed by atoms with Gasteiger partial charge in [0.1, 0.15) is 0 Å². The number of anilines is 3. The van der Waals surface area contributed by atoms with E-state index < -0.39 is 0 Å². The minimum atomic E-state index is 0.118. The predicted octanol–water partition coefficient (Wildman–Crippen LogP) is 1.90. The fourth-order valence-electron chi connectivity index (χ4n) is 2.74. The zero-order valence-electron chi connectivity index (χ0n) is 14.3. The van der Waals surface area contributed by atoms with Crippen molar-refractivity contribution < 1.29 is 4.79 Å². The summed E-state index contributed by atoms with van der Waals surface area (Å²) in [4.78, 5) is 20.0. The highest BCUT2D eigenvalue weighted by Gasteiger charge is 2.20. The summed E-state index contributed by atoms with van der Waals surface area (Å²) in [5.74, 6) is 1.38. The highest BCUT2D eigenvalue weighted by molar-refractivity contribution is 5.73. The Labute approximate surface area is 141 Å². The van der Waals surface area contributed by atoms with Gasteiger partial charge in [0.15, 0.2) is 5.82 Å². The maximum atomic E-state index is 11.4. The lowest BCUT2D eigenvalue weighted by Gasteiger charge is -2.34. The fourth-order valence-corrected chi connectivity index (χ4v) is 2.74. The number of hydrogen-bond acceptors (Lipinski definition) is 6. The van der Waals surface area contributed by atoms with Gasteiger partial charge >= 0.3 is 0 Å². The third-order valence-corrected chi connectivity index (χ3v) is 4.23. The number of hydrogen-bond donors (Lipinski definition) is 1. The van der Waals surface area contributed by atoms with Gasteiger partial charge in [-0.05, 0) is 31.0 Å². The Morgan fingerprint density at radius 2 is 1.92 bits per heavy atom. The number of aromatic nitrogens is 3. The minimum Gasteiger partial charge on any atom is -0.352 e. The van der Waals surface area contributed by atoms with Gasteiger partial charge in [0.2, 0.25) is 11.9 Å². The van der Waals surface area contributed by atoms with Crippen molar-refractivity contribution in [3.05, 3.63) is 35.5 Å². The summed E-state index contributed by atoms with van der Waals surface area (Å²) in [7, 11) is 0. The molecule has 1 aromatic heterocycles. The molecular weight excluding hydrogens is 304 g/mol. The molecule has 1 saturated heterocycles. The Hall–Kier alpha value is -2.70. The molecule has 1 fully saturated rings. The van der Waals surface area contributed by atoms with E-state index in [-0.39, 0.29) is 5.91 Å². The van der Waals surface area contributed by atoms with Crippen LogP contribution in [0.5, 0.6) is 0 Å². The molecule has 0 atom stereocenters. The first-order valence-electron chi connectivity index (χ1n) is 8.07. The summed E-state index contributed by atoms with van der Waals surface area (Å²) in [5.41, 5.74) is 3.28. The molecule has 1 amide bonds. The highest BCUT2D eigenvalue weighted by Crippen LogP contribution is 2.21. The van der Waals surface area contributed by atoms with Crippen molar-refractivity contribution in [1.82, 2.24) is 20.1 Å². The van der Waals surface area contributed by atoms with E-state index in [0.717, 1.165) is 30.2 Å². The summed E-state index contributed by atoms with van der Waals surface area (Å²) < 4.78 is 0. The Morgan fingerprint density at radius 3 is 2.62 bits per heavy atom. The van der Waals surface area contributed by atoms with Crippen LogP contribution in [0.2, 0.25) is 0 Å². The van der Waals surface area contributed by atoms with Crippen LogP contribution in [-0.2, 0) is 4.79 Å². The van der Waals surface area contributed by atoms with E-state index in [1.165, 1.54) is 5.56 Å². The zero-order chi connectivity index (χ0) is 17.1. The number of amides is 1. The number of piperazine rings is 1. The first kappa shape index (κ1) is 16.2. The summed E-state index contributed by atoms with van der Waals surface area (Å²) in [6.45, 7) is 8.61. The largest absolute Gasteiger partial charge is 0.352 e. The maximum Gasteiger partial charge on any atom is 0.249 e. The summed E-state index contributed by atoms with van der Waals surface area (Å²) in [6, 6.07) is 6.21. The van der Waals surface area contributed by atoms with E-state index >= 15 is 0 Å². The van der Waals surface area contributed by atoms with E-state index in [4.69, 9.17) is 0 Å². The van der Waals surface area contributed by atoms with E-state index in [9.17, 15) is 4.79 Å². The second-order valence-corrected chi connectivity index (χ2v) is 6.07. The Kier molecular flexibility index (Phi) is 4.59. The standard InChI is InChI=1S/C17H22N6O/c1-12-4-5-13(2)15(10-12)19-17-20-16(11-18-21-17)23-8-6-22(7-9-23)14(3)24/h4-5,10-11H,6-9H2,1-3H3,(H,19,20,21). The first-order chi connectivity index (χ1) is 11.5. The molecular formula is C17H22N6O. The molecule has 0 spiro atoms. The third-order valence-electron chi connectivity index (χ3n) is 4.23. The third kappa shape index (κ3) is 3.61. The lowest BCUT2D eigenvalue weighted by atomic mass is 10.1. The van der Waals surface area contributed by atoms with Gasteiger partial charge in [-0.3, -0.25) is 4.79 Å². The van der Waals surface area contributed by atoms with Crippen LogP contribution in [-0.4, -0.2) is 52.2 Å². The van der Waals surface area contributed by atoms with Crippen LogP contribution in [0.1, 0.15) is 18.1 Å². The maximum absolute atomic E-state index is 11.4. The Balaban J connectivity index is 1.73. The Bertz CT molecular complexity index is 740. The monoisotopic (exact) mass is 326 g/mol. The summed E-state index contributed by atoms with van der Waals surface area (Å²) in [5, 5.41) is 11.4. The molecule has 2 heterocycles. The number of carbonyl (C=O) groups excluding carboxylic acids is 1. The molecule has 126 valence electrons. The fraction of sp³-hybridized carbons (Fsp3) is 0.412. The Morgan fingerprint density at radius 1 is 1.17 bits per heavy atom. The molecule has 1 aromatic carbocycles. The predicted molar refractivity (Wildman–Crippen MR) is 93.5 cm³/mol. The molecule has 1 N–H and O–H groups in total. The van der Waals surface area contributed by atoms with Crippen LogP contribution in [0, 0.1) is 13.8 Å². The van der Waals surface area contributed by atoms with Gasteiger partial charge in [0.05, 0.1) is 6.20 Å². The number of aryl methyl sites for hydroxylation is 2. The van der Waals surface area contributed by atoms with Gasteiger partial charge in [0, 0.05) is 38.8 Å². The van der Waals surface area contributed by atoms with Gasteiger partial charge in [0.25, 0.3) is 0 Å². The molecule has 1 aliphatic heterocycles. The second-order valence-electron chi connectivity index (χ2n) is 6.07. The van der Waals surface area contributed by atoms with Crippen LogP contribution in [0.4, 0.5) is 17.5 Å². The van der Waals surface area contributed by atoms with Crippen LogP contribution >= 0.6 is 0 Å². The highest BCUT2D eigenvalue weighted by atomic mass is 16.2. The van der Waals surface area contributed by atoms with Crippen molar-refractivity contribution >= 4 is 23.4 Å². The normalized spacial score (nSPS) is 14.6. The second kappa shape index (κ2) is 6.82. The van der Waals surface area contributed by atoms with Crippen molar-refractivity contribution in [3.8, 4) is 0 Å². The number of nitrogens with zero attached hydrogens (tertiary/aromatic N) is 5. The van der Waals surface area contributed by atoms with E-state index in [0.29, 0.717) is 19.0 Å². The van der Waals surface area contributed by atoms with Crippen molar-refractivity contribution in [3.63, 3.8) is 0 Å². The van der Waals surface area contributed by atoms with Crippen molar-refractivity contribution in [2.75, 3.05) is 36.4 Å². The average molecular weight is 326 g/mol. The lowest BCUT2D eigenvalue weighted by Crippen LogP contribution is -2.48. The van der Waals surface area contributed by atoms with Gasteiger partial charge in [-0.2, -0.15) is 10.1 Å². The van der Waals surface area contributed by atoms with Crippen molar-refractivity contribution in [2.24, 2.45) is 0 Å². The summed E-state index contributed by atoms with van der Waals surface area (Å²) in [6.07, 6.45) is 1.66. The van der Waals surface area contributed by atoms with E-state index in [1.54, 1.807) is 13.1 Å². The van der Waals surface area contributed by atoms with Gasteiger partial charge in [-0.25, -0.2) is 0 Å². The molecule has 3 rings (SSSR count). The molecule has 0 unspecified atom stereocenters. The van der Waals surface area contributed by atoms with Crippen molar-refractivity contribution in [2.45, 2.75) is 20.8 Å². The van der Waals surface area contributed by atoms with Crippen LogP contribution in [0.25, 0.3) is 0 Å². The molecule has 7 nitrogen and oxygen atoms in total. The average Bonchev–Trinajstić information content (AvgIpc) is 2.58. The smallest absolute Gasteiger partial charge is 0.249 e. The molecule has 0 radical (unpaired) electrons. The van der Waals surface area contributed by atoms with Crippen LogP contribution < -0.4 is 10.2 Å². The quantitative estimate of drug-likeness (QED) is 0.928. The SMILES string of the molecule is CC(=O)N1CCN(c2cnnc(Nc3cc(C)ccc3C)n2)CC1. The molecule has 24 heavy (non-hydrogen) atoms. The molecule has 7 heteroatoms. The topological polar surface area (TPSA) is 74.2 Å². The van der Waals surface area contributed by atoms with Gasteiger partial charge < -0.3 is 15.1 Å². The number of rotatable bonds is 3. The van der Waals surface area contributed by atoms with E-state index in [2.05, 4.69) is 50.5 Å². The van der Waals surface area contributed by atoms with Crippen LogP contribution in [0.3, 0.4) is 0 Å². The van der Waals surface area contributed by atoms with Gasteiger partial charge in [-0.1, -0.05) is 12.1 Å². The molecule has 2 aromatic rings. The number of nitrogens with one attached hydrogen (secondary N) is 1. The number of carbonyl (C=O) groups is 1. The van der Waals surface area contributed by atoms with Gasteiger partial charge in [-0.15, -0.1) is 5.10 Å². The lowest BCUT2D eigenvalue weighted by molar-refractivity contribution is -0.129. The molecule has 1 aliphatic rings.